The first kappa shape index (κ1) is 20.1. The zero-order valence-electron chi connectivity index (χ0n) is 17.3. The summed E-state index contributed by atoms with van der Waals surface area (Å²) in [5.74, 6) is 2.31. The molecule has 1 aromatic carbocycles. The molecule has 1 N–H and O–H groups in total. The molecule has 0 saturated carbocycles. The van der Waals surface area contributed by atoms with Gasteiger partial charge in [0, 0.05) is 48.6 Å². The molecule has 1 fully saturated rings. The molecule has 2 aromatic heterocycles. The smallest absolute Gasteiger partial charge is 0.251 e. The minimum Gasteiger partial charge on any atom is -0.493 e. The first-order chi connectivity index (χ1) is 14.7. The quantitative estimate of drug-likeness (QED) is 0.677. The van der Waals surface area contributed by atoms with Gasteiger partial charge in [0.1, 0.15) is 5.82 Å². The fourth-order valence-corrected chi connectivity index (χ4v) is 4.09. The molecule has 0 aliphatic carbocycles. The number of H-pyrrole nitrogens is 1. The predicted octanol–water partition coefficient (Wildman–Crippen LogP) is 3.23. The molecule has 3 aromatic rings. The molecule has 156 valence electrons. The van der Waals surface area contributed by atoms with E-state index in [1.54, 1.807) is 32.7 Å². The normalized spacial score (nSPS) is 16.9. The lowest BCUT2D eigenvalue weighted by Gasteiger charge is -2.33. The Morgan fingerprint density at radius 2 is 2.00 bits per heavy atom. The van der Waals surface area contributed by atoms with Gasteiger partial charge in [0.05, 0.1) is 19.9 Å². The summed E-state index contributed by atoms with van der Waals surface area (Å²) in [5.41, 5.74) is 2.66. The summed E-state index contributed by atoms with van der Waals surface area (Å²) >= 11 is 0. The van der Waals surface area contributed by atoms with E-state index in [-0.39, 0.29) is 11.5 Å². The van der Waals surface area contributed by atoms with Crippen LogP contribution in [0.5, 0.6) is 11.5 Å². The second-order valence-corrected chi connectivity index (χ2v) is 7.48. The molecular formula is C23H26N4O3. The van der Waals surface area contributed by atoms with E-state index < -0.39 is 0 Å². The van der Waals surface area contributed by atoms with Crippen LogP contribution in [0, 0.1) is 0 Å². The maximum atomic E-state index is 12.3. The third kappa shape index (κ3) is 4.36. The van der Waals surface area contributed by atoms with Crippen LogP contribution in [-0.2, 0) is 6.54 Å². The van der Waals surface area contributed by atoms with Gasteiger partial charge in [0.25, 0.3) is 5.56 Å². The summed E-state index contributed by atoms with van der Waals surface area (Å²) in [6.07, 6.45) is 5.46. The SMILES string of the molecule is COc1cccc(CN2CCCC(c3cc(=O)[nH]c(-c4ccncc4)n3)C2)c1OC. The van der Waals surface area contributed by atoms with E-state index >= 15 is 0 Å². The number of nitrogens with one attached hydrogen (secondary N) is 1. The number of piperidine rings is 1. The molecule has 1 unspecified atom stereocenters. The fourth-order valence-electron chi connectivity index (χ4n) is 4.09. The van der Waals surface area contributed by atoms with Crippen LogP contribution in [-0.4, -0.2) is 47.2 Å². The molecule has 1 atom stereocenters. The molecule has 3 heterocycles. The second-order valence-electron chi connectivity index (χ2n) is 7.48. The Labute approximate surface area is 175 Å². The Kier molecular flexibility index (Phi) is 6.09. The van der Waals surface area contributed by atoms with Crippen LogP contribution >= 0.6 is 0 Å². The summed E-state index contributed by atoms with van der Waals surface area (Å²) < 4.78 is 11.0. The molecule has 0 bridgehead atoms. The molecule has 4 rings (SSSR count). The number of pyridine rings is 1. The summed E-state index contributed by atoms with van der Waals surface area (Å²) in [5, 5.41) is 0. The Morgan fingerprint density at radius 1 is 1.17 bits per heavy atom. The van der Waals surface area contributed by atoms with Gasteiger partial charge >= 0.3 is 0 Å². The van der Waals surface area contributed by atoms with Crippen molar-refractivity contribution >= 4 is 0 Å². The number of ether oxygens (including phenoxy) is 2. The van der Waals surface area contributed by atoms with Gasteiger partial charge in [-0.25, -0.2) is 4.98 Å². The van der Waals surface area contributed by atoms with E-state index in [1.807, 2.05) is 24.3 Å². The van der Waals surface area contributed by atoms with Crippen molar-refractivity contribution in [2.75, 3.05) is 27.3 Å². The average Bonchev–Trinajstić information content (AvgIpc) is 2.79. The predicted molar refractivity (Wildman–Crippen MR) is 115 cm³/mol. The highest BCUT2D eigenvalue weighted by atomic mass is 16.5. The highest BCUT2D eigenvalue weighted by molar-refractivity contribution is 5.53. The van der Waals surface area contributed by atoms with Crippen molar-refractivity contribution in [1.29, 1.82) is 0 Å². The molecule has 0 spiro atoms. The first-order valence-electron chi connectivity index (χ1n) is 10.1. The molecule has 1 aliphatic heterocycles. The molecule has 7 nitrogen and oxygen atoms in total. The van der Waals surface area contributed by atoms with Gasteiger partial charge in [0.15, 0.2) is 11.5 Å². The minimum absolute atomic E-state index is 0.126. The largest absolute Gasteiger partial charge is 0.493 e. The van der Waals surface area contributed by atoms with Gasteiger partial charge in [-0.15, -0.1) is 0 Å². The molecule has 0 amide bonds. The number of benzene rings is 1. The lowest BCUT2D eigenvalue weighted by atomic mass is 9.94. The Bertz CT molecular complexity index is 1050. The summed E-state index contributed by atoms with van der Waals surface area (Å²) in [6, 6.07) is 11.3. The van der Waals surface area contributed by atoms with Crippen molar-refractivity contribution in [3.8, 4) is 22.9 Å². The Balaban J connectivity index is 1.55. The lowest BCUT2D eigenvalue weighted by Crippen LogP contribution is -2.34. The Hall–Kier alpha value is -3.19. The van der Waals surface area contributed by atoms with Crippen molar-refractivity contribution in [3.63, 3.8) is 0 Å². The molecule has 7 heteroatoms. The first-order valence-corrected chi connectivity index (χ1v) is 10.1. The maximum absolute atomic E-state index is 12.3. The highest BCUT2D eigenvalue weighted by Gasteiger charge is 2.24. The highest BCUT2D eigenvalue weighted by Crippen LogP contribution is 2.33. The van der Waals surface area contributed by atoms with Crippen LogP contribution in [0.2, 0.25) is 0 Å². The van der Waals surface area contributed by atoms with Crippen LogP contribution in [0.1, 0.15) is 30.0 Å². The molecule has 1 saturated heterocycles. The zero-order valence-corrected chi connectivity index (χ0v) is 17.3. The van der Waals surface area contributed by atoms with Crippen molar-refractivity contribution in [3.05, 3.63) is 70.4 Å². The maximum Gasteiger partial charge on any atom is 0.251 e. The van der Waals surface area contributed by atoms with Gasteiger partial charge in [-0.05, 0) is 37.6 Å². The van der Waals surface area contributed by atoms with Crippen molar-refractivity contribution in [2.45, 2.75) is 25.3 Å². The van der Waals surface area contributed by atoms with Crippen LogP contribution < -0.4 is 15.0 Å². The van der Waals surface area contributed by atoms with Gasteiger partial charge < -0.3 is 14.5 Å². The zero-order chi connectivity index (χ0) is 20.9. The molecular weight excluding hydrogens is 380 g/mol. The monoisotopic (exact) mass is 406 g/mol. The minimum atomic E-state index is -0.126. The van der Waals surface area contributed by atoms with Gasteiger partial charge in [-0.2, -0.15) is 0 Å². The van der Waals surface area contributed by atoms with Gasteiger partial charge in [-0.1, -0.05) is 12.1 Å². The number of aromatic amines is 1. The van der Waals surface area contributed by atoms with Gasteiger partial charge in [0.2, 0.25) is 0 Å². The molecule has 30 heavy (non-hydrogen) atoms. The number of hydrogen-bond acceptors (Lipinski definition) is 6. The molecule has 0 radical (unpaired) electrons. The number of aromatic nitrogens is 3. The van der Waals surface area contributed by atoms with Crippen LogP contribution in [0.3, 0.4) is 0 Å². The number of rotatable bonds is 6. The van der Waals surface area contributed by atoms with E-state index in [0.717, 1.165) is 60.8 Å². The summed E-state index contributed by atoms with van der Waals surface area (Å²) in [7, 11) is 3.32. The van der Waals surface area contributed by atoms with Crippen molar-refractivity contribution < 1.29 is 9.47 Å². The van der Waals surface area contributed by atoms with Crippen molar-refractivity contribution in [1.82, 2.24) is 19.9 Å². The van der Waals surface area contributed by atoms with E-state index in [0.29, 0.717) is 5.82 Å². The fraction of sp³-hybridized carbons (Fsp3) is 0.348. The van der Waals surface area contributed by atoms with E-state index in [1.165, 1.54) is 0 Å². The lowest BCUT2D eigenvalue weighted by molar-refractivity contribution is 0.195. The van der Waals surface area contributed by atoms with Crippen LogP contribution in [0.25, 0.3) is 11.4 Å². The summed E-state index contributed by atoms with van der Waals surface area (Å²) in [6.45, 7) is 2.60. The van der Waals surface area contributed by atoms with Gasteiger partial charge in [-0.3, -0.25) is 14.7 Å². The number of para-hydroxylation sites is 1. The van der Waals surface area contributed by atoms with Crippen LogP contribution in [0.4, 0.5) is 0 Å². The number of likely N-dealkylation sites (tertiary alicyclic amines) is 1. The van der Waals surface area contributed by atoms with E-state index in [4.69, 9.17) is 14.5 Å². The summed E-state index contributed by atoms with van der Waals surface area (Å²) in [4.78, 5) is 26.3. The third-order valence-corrected chi connectivity index (χ3v) is 5.52. The van der Waals surface area contributed by atoms with E-state index in [2.05, 4.69) is 20.9 Å². The standard InChI is InChI=1S/C23H26N4O3/c1-29-20-7-3-5-18(22(20)30-2)15-27-12-4-6-17(14-27)19-13-21(28)26-23(25-19)16-8-10-24-11-9-16/h3,5,7-11,13,17H,4,6,12,14-15H2,1-2H3,(H,25,26,28). The van der Waals surface area contributed by atoms with Crippen LogP contribution in [0.15, 0.2) is 53.6 Å². The second kappa shape index (κ2) is 9.09. The Morgan fingerprint density at radius 3 is 2.77 bits per heavy atom. The number of methoxy groups -OCH3 is 2. The number of nitrogens with zero attached hydrogens (tertiary/aromatic N) is 3. The van der Waals surface area contributed by atoms with Crippen molar-refractivity contribution in [2.24, 2.45) is 0 Å². The average molecular weight is 406 g/mol. The third-order valence-electron chi connectivity index (χ3n) is 5.52. The van der Waals surface area contributed by atoms with E-state index in [9.17, 15) is 4.79 Å². The topological polar surface area (TPSA) is 80.3 Å². The number of hydrogen-bond donors (Lipinski definition) is 1. The molecule has 1 aliphatic rings.